The van der Waals surface area contributed by atoms with E-state index in [0.717, 1.165) is 5.41 Å². The molecule has 0 amide bonds. The van der Waals surface area contributed by atoms with E-state index in [4.69, 9.17) is 5.11 Å². The molecule has 1 heterocycles. The lowest BCUT2D eigenvalue weighted by Gasteiger charge is -2.01. The van der Waals surface area contributed by atoms with Gasteiger partial charge >= 0.3 is 0 Å². The molecule has 0 aromatic heterocycles. The Kier molecular flexibility index (Phi) is 1.87. The SMILES string of the molecule is O=S1(=O)C=C(CO)c2cc(O)ccc21. The number of hydrogen-bond acceptors (Lipinski definition) is 4. The van der Waals surface area contributed by atoms with E-state index in [1.165, 1.54) is 18.2 Å². The number of rotatable bonds is 1. The molecule has 0 saturated carbocycles. The molecule has 0 unspecified atom stereocenters. The average molecular weight is 212 g/mol. The molecule has 14 heavy (non-hydrogen) atoms. The highest BCUT2D eigenvalue weighted by atomic mass is 32.2. The summed E-state index contributed by atoms with van der Waals surface area (Å²) in [5, 5.41) is 19.1. The van der Waals surface area contributed by atoms with Crippen molar-refractivity contribution in [3.05, 3.63) is 29.2 Å². The molecule has 0 spiro atoms. The van der Waals surface area contributed by atoms with Crippen LogP contribution in [-0.4, -0.2) is 25.2 Å². The minimum atomic E-state index is -3.42. The van der Waals surface area contributed by atoms with Crippen molar-refractivity contribution in [2.24, 2.45) is 0 Å². The highest BCUT2D eigenvalue weighted by Crippen LogP contribution is 2.34. The van der Waals surface area contributed by atoms with Crippen molar-refractivity contribution < 1.29 is 18.6 Å². The van der Waals surface area contributed by atoms with Gasteiger partial charge in [-0.25, -0.2) is 8.42 Å². The second-order valence-electron chi connectivity index (χ2n) is 3.03. The molecule has 0 saturated heterocycles. The summed E-state index contributed by atoms with van der Waals surface area (Å²) < 4.78 is 22.9. The zero-order valence-electron chi connectivity index (χ0n) is 7.14. The number of aliphatic hydroxyl groups excluding tert-OH is 1. The number of aliphatic hydroxyl groups is 1. The van der Waals surface area contributed by atoms with Crippen molar-refractivity contribution >= 4 is 15.4 Å². The van der Waals surface area contributed by atoms with E-state index in [1.807, 2.05) is 0 Å². The Morgan fingerprint density at radius 1 is 1.29 bits per heavy atom. The first-order chi connectivity index (χ1) is 6.54. The van der Waals surface area contributed by atoms with Crippen molar-refractivity contribution in [1.29, 1.82) is 0 Å². The third-order valence-electron chi connectivity index (χ3n) is 2.08. The van der Waals surface area contributed by atoms with Gasteiger partial charge in [0.25, 0.3) is 0 Å². The summed E-state index contributed by atoms with van der Waals surface area (Å²) in [5.41, 5.74) is 0.698. The Morgan fingerprint density at radius 3 is 2.64 bits per heavy atom. The van der Waals surface area contributed by atoms with Crippen LogP contribution in [0, 0.1) is 0 Å². The predicted octanol–water partition coefficient (Wildman–Crippen LogP) is 0.513. The van der Waals surface area contributed by atoms with Crippen molar-refractivity contribution in [2.45, 2.75) is 4.90 Å². The van der Waals surface area contributed by atoms with Crippen LogP contribution < -0.4 is 0 Å². The molecule has 0 radical (unpaired) electrons. The number of hydrogen-bond donors (Lipinski definition) is 2. The van der Waals surface area contributed by atoms with Gasteiger partial charge in [0.2, 0.25) is 9.84 Å². The number of aromatic hydroxyl groups is 1. The van der Waals surface area contributed by atoms with E-state index >= 15 is 0 Å². The van der Waals surface area contributed by atoms with Crippen molar-refractivity contribution in [3.63, 3.8) is 0 Å². The molecular weight excluding hydrogens is 204 g/mol. The Balaban J connectivity index is 2.75. The highest BCUT2D eigenvalue weighted by molar-refractivity contribution is 7.95. The van der Waals surface area contributed by atoms with Gasteiger partial charge in [-0.05, 0) is 23.8 Å². The molecule has 2 rings (SSSR count). The number of benzene rings is 1. The average Bonchev–Trinajstić information content (AvgIpc) is 2.37. The predicted molar refractivity (Wildman–Crippen MR) is 50.4 cm³/mol. The smallest absolute Gasteiger partial charge is 0.200 e. The lowest BCUT2D eigenvalue weighted by molar-refractivity contribution is 0.350. The largest absolute Gasteiger partial charge is 0.508 e. The summed E-state index contributed by atoms with van der Waals surface area (Å²) in [6.07, 6.45) is 0. The molecule has 5 heteroatoms. The fourth-order valence-electron chi connectivity index (χ4n) is 1.45. The number of phenolic OH excluding ortho intramolecular Hbond substituents is 1. The van der Waals surface area contributed by atoms with Gasteiger partial charge in [0.15, 0.2) is 0 Å². The quantitative estimate of drug-likeness (QED) is 0.711. The van der Waals surface area contributed by atoms with Crippen LogP contribution in [-0.2, 0) is 9.84 Å². The van der Waals surface area contributed by atoms with Gasteiger partial charge in [0.05, 0.1) is 11.5 Å². The molecule has 0 atom stereocenters. The normalized spacial score (nSPS) is 17.6. The molecule has 1 aromatic carbocycles. The zero-order valence-corrected chi connectivity index (χ0v) is 7.95. The summed E-state index contributed by atoms with van der Waals surface area (Å²) in [6, 6.07) is 3.98. The molecule has 2 N–H and O–H groups in total. The summed E-state index contributed by atoms with van der Waals surface area (Å²) in [4.78, 5) is 0.138. The maximum atomic E-state index is 11.5. The molecule has 4 nitrogen and oxygen atoms in total. The molecular formula is C9H8O4S. The van der Waals surface area contributed by atoms with Gasteiger partial charge in [-0.1, -0.05) is 0 Å². The highest BCUT2D eigenvalue weighted by Gasteiger charge is 2.26. The Labute approximate surface area is 81.0 Å². The van der Waals surface area contributed by atoms with E-state index < -0.39 is 9.84 Å². The molecule has 1 aliphatic heterocycles. The lowest BCUT2D eigenvalue weighted by atomic mass is 10.1. The standard InChI is InChI=1S/C9H8O4S/c10-4-6-5-14(12,13)9-2-1-7(11)3-8(6)9/h1-3,5,10-11H,4H2. The van der Waals surface area contributed by atoms with Gasteiger partial charge in [0, 0.05) is 11.0 Å². The molecule has 0 aliphatic carbocycles. The fraction of sp³-hybridized carbons (Fsp3) is 0.111. The Hall–Kier alpha value is -1.33. The minimum absolute atomic E-state index is 0.0137. The zero-order chi connectivity index (χ0) is 10.3. The summed E-state index contributed by atoms with van der Waals surface area (Å²) in [7, 11) is -3.42. The first kappa shape index (κ1) is 9.23. The third-order valence-corrected chi connectivity index (χ3v) is 3.65. The second kappa shape index (κ2) is 2.83. The van der Waals surface area contributed by atoms with Crippen molar-refractivity contribution in [3.8, 4) is 5.75 Å². The number of sulfone groups is 1. The van der Waals surface area contributed by atoms with Crippen molar-refractivity contribution in [1.82, 2.24) is 0 Å². The molecule has 0 fully saturated rings. The van der Waals surface area contributed by atoms with Gasteiger partial charge in [-0.15, -0.1) is 0 Å². The van der Waals surface area contributed by atoms with Crippen LogP contribution in [0.5, 0.6) is 5.75 Å². The van der Waals surface area contributed by atoms with E-state index in [0.29, 0.717) is 11.1 Å². The van der Waals surface area contributed by atoms with Crippen LogP contribution in [0.15, 0.2) is 28.5 Å². The van der Waals surface area contributed by atoms with Crippen LogP contribution in [0.25, 0.3) is 5.57 Å². The van der Waals surface area contributed by atoms with Crippen molar-refractivity contribution in [2.75, 3.05) is 6.61 Å². The van der Waals surface area contributed by atoms with Gasteiger partial charge in [-0.3, -0.25) is 0 Å². The van der Waals surface area contributed by atoms with Crippen LogP contribution in [0.1, 0.15) is 5.56 Å². The van der Waals surface area contributed by atoms with E-state index in [-0.39, 0.29) is 17.3 Å². The number of phenols is 1. The third kappa shape index (κ3) is 1.21. The van der Waals surface area contributed by atoms with Crippen LogP contribution in [0.4, 0.5) is 0 Å². The van der Waals surface area contributed by atoms with Crippen LogP contribution in [0.2, 0.25) is 0 Å². The first-order valence-corrected chi connectivity index (χ1v) is 5.49. The van der Waals surface area contributed by atoms with Crippen LogP contribution in [0.3, 0.4) is 0 Å². The summed E-state index contributed by atoms with van der Waals surface area (Å²) >= 11 is 0. The summed E-state index contributed by atoms with van der Waals surface area (Å²) in [6.45, 7) is -0.352. The number of fused-ring (bicyclic) bond motifs is 1. The molecule has 74 valence electrons. The maximum Gasteiger partial charge on any atom is 0.200 e. The molecule has 1 aromatic rings. The summed E-state index contributed by atoms with van der Waals surface area (Å²) in [5.74, 6) is -0.0137. The fourth-order valence-corrected chi connectivity index (χ4v) is 2.91. The second-order valence-corrected chi connectivity index (χ2v) is 4.79. The first-order valence-electron chi connectivity index (χ1n) is 3.94. The molecule has 1 aliphatic rings. The van der Waals surface area contributed by atoms with Crippen LogP contribution >= 0.6 is 0 Å². The topological polar surface area (TPSA) is 74.6 Å². The van der Waals surface area contributed by atoms with Gasteiger partial charge < -0.3 is 10.2 Å². The maximum absolute atomic E-state index is 11.5. The lowest BCUT2D eigenvalue weighted by Crippen LogP contribution is -1.92. The van der Waals surface area contributed by atoms with E-state index in [1.54, 1.807) is 0 Å². The van der Waals surface area contributed by atoms with E-state index in [2.05, 4.69) is 0 Å². The van der Waals surface area contributed by atoms with Gasteiger partial charge in [-0.2, -0.15) is 0 Å². The van der Waals surface area contributed by atoms with Gasteiger partial charge in [0.1, 0.15) is 5.75 Å². The Bertz CT molecular complexity index is 514. The minimum Gasteiger partial charge on any atom is -0.508 e. The van der Waals surface area contributed by atoms with E-state index in [9.17, 15) is 13.5 Å². The monoisotopic (exact) mass is 212 g/mol. The Morgan fingerprint density at radius 2 is 2.00 bits per heavy atom. The molecule has 0 bridgehead atoms.